The molecule has 0 radical (unpaired) electrons. The second-order valence-electron chi connectivity index (χ2n) is 23.7. The second-order valence-corrected chi connectivity index (χ2v) is 23.7. The van der Waals surface area contributed by atoms with Crippen LogP contribution in [0.15, 0.2) is 133 Å². The lowest BCUT2D eigenvalue weighted by Gasteiger charge is -2.48. The molecular formula is C66H82N4O28. The van der Waals surface area contributed by atoms with Gasteiger partial charge in [0.25, 0.3) is 23.6 Å². The topological polar surface area (TPSA) is 518 Å². The van der Waals surface area contributed by atoms with Gasteiger partial charge in [-0.3, -0.25) is 19.2 Å². The van der Waals surface area contributed by atoms with Crippen LogP contribution >= 0.6 is 0 Å². The Morgan fingerprint density at radius 1 is 0.480 bits per heavy atom. The molecule has 2 fully saturated rings. The number of rotatable bonds is 31. The molecule has 0 aromatic heterocycles. The van der Waals surface area contributed by atoms with Gasteiger partial charge in [-0.1, -0.05) is 123 Å². The Hall–Kier alpha value is -7.56. The molecule has 20 atom stereocenters. The average Bonchev–Trinajstić information content (AvgIpc) is 0.763. The van der Waals surface area contributed by atoms with Gasteiger partial charge in [0.1, 0.15) is 98.0 Å². The Bertz CT molecular complexity index is 3390. The molecule has 32 nitrogen and oxygen atoms in total. The minimum atomic E-state index is -3.24. The van der Waals surface area contributed by atoms with Crippen molar-refractivity contribution in [3.8, 4) is 11.5 Å². The molecule has 8 rings (SSSR count). The number of aliphatic hydroxyl groups is 18. The Labute approximate surface area is 559 Å². The van der Waals surface area contributed by atoms with E-state index in [1.165, 1.54) is 74.5 Å². The van der Waals surface area contributed by atoms with Gasteiger partial charge >= 0.3 is 0 Å². The monoisotopic (exact) mass is 1380 g/mol. The van der Waals surface area contributed by atoms with E-state index in [4.69, 9.17) is 28.6 Å². The van der Waals surface area contributed by atoms with Crippen molar-refractivity contribution in [2.75, 3.05) is 26.4 Å². The molecule has 534 valence electrons. The fraction of sp³-hybridized carbons (Fsp3) is 0.455. The van der Waals surface area contributed by atoms with Crippen LogP contribution < -0.4 is 20.1 Å². The molecule has 20 N–H and O–H groups in total. The van der Waals surface area contributed by atoms with Crippen LogP contribution in [0.3, 0.4) is 0 Å². The quantitative estimate of drug-likeness (QED) is 0.0144. The maximum Gasteiger partial charge on any atom is 0.278 e. The number of benzene rings is 6. The van der Waals surface area contributed by atoms with E-state index in [2.05, 4.69) is 10.6 Å². The molecule has 2 saturated heterocycles. The molecule has 6 aromatic carbocycles. The Morgan fingerprint density at radius 3 is 1.15 bits per heavy atom. The van der Waals surface area contributed by atoms with E-state index in [0.29, 0.717) is 21.3 Å². The SMILES string of the molecule is CC[C@@H](O)[C@H](O)[C@H](O)C(=O)N(Cc1ccccc1)O[C@H]1O[C@H](CO)[C@@H](O)[C@H](O)[C@@]1(O)NC(=O)c1cc(OC[C@@H](O)[C@H](O)[C@H](O)[C@@H](O)COc2cc(C(=O)N[C@@]3(O)[C@@H](ON(Cc4ccccc4)C(=O)[C@@H](O)[C@@H](O)[C@H](O)CC)O[C@H](CO)[C@@H](O)[C@@H]3O)cc3ccccc23)c2ccccc2c1. The van der Waals surface area contributed by atoms with Gasteiger partial charge in [0, 0.05) is 21.9 Å². The molecule has 2 heterocycles. The van der Waals surface area contributed by atoms with Crippen LogP contribution in [-0.4, -0.2) is 274 Å². The predicted molar refractivity (Wildman–Crippen MR) is 336 cm³/mol. The second kappa shape index (κ2) is 33.5. The molecule has 2 aliphatic heterocycles. The lowest BCUT2D eigenvalue weighted by Crippen LogP contribution is -2.74. The van der Waals surface area contributed by atoms with E-state index in [-0.39, 0.29) is 57.0 Å². The number of nitrogens with zero attached hydrogens (tertiary/aromatic N) is 2. The third kappa shape index (κ3) is 17.2. The average molecular weight is 1380 g/mol. The predicted octanol–water partition coefficient (Wildman–Crippen LogP) is -4.48. The van der Waals surface area contributed by atoms with Gasteiger partial charge in [0.15, 0.2) is 12.2 Å². The van der Waals surface area contributed by atoms with Crippen LogP contribution in [0.4, 0.5) is 0 Å². The molecule has 32 heteroatoms. The van der Waals surface area contributed by atoms with Crippen molar-refractivity contribution in [2.45, 2.75) is 161 Å². The Morgan fingerprint density at radius 2 is 0.816 bits per heavy atom. The molecule has 6 aromatic rings. The Kier molecular flexibility index (Phi) is 26.1. The van der Waals surface area contributed by atoms with Crippen LogP contribution in [0.1, 0.15) is 58.5 Å². The highest BCUT2D eigenvalue weighted by Crippen LogP contribution is 2.36. The third-order valence-corrected chi connectivity index (χ3v) is 16.8. The molecule has 0 aliphatic carbocycles. The van der Waals surface area contributed by atoms with Crippen molar-refractivity contribution in [1.82, 2.24) is 20.8 Å². The molecule has 98 heavy (non-hydrogen) atoms. The van der Waals surface area contributed by atoms with Gasteiger partial charge in [0.2, 0.25) is 24.0 Å². The van der Waals surface area contributed by atoms with Crippen molar-refractivity contribution >= 4 is 45.2 Å². The summed E-state index contributed by atoms with van der Waals surface area (Å²) in [4.78, 5) is 67.9. The van der Waals surface area contributed by atoms with Gasteiger partial charge in [-0.15, -0.1) is 0 Å². The van der Waals surface area contributed by atoms with Crippen molar-refractivity contribution in [3.63, 3.8) is 0 Å². The third-order valence-electron chi connectivity index (χ3n) is 16.8. The van der Waals surface area contributed by atoms with E-state index >= 15 is 0 Å². The van der Waals surface area contributed by atoms with E-state index in [1.54, 1.807) is 60.7 Å². The number of amides is 4. The molecular weight excluding hydrogens is 1300 g/mol. The summed E-state index contributed by atoms with van der Waals surface area (Å²) >= 11 is 0. The first-order chi connectivity index (χ1) is 46.6. The van der Waals surface area contributed by atoms with Crippen LogP contribution in [0.25, 0.3) is 21.5 Å². The van der Waals surface area contributed by atoms with Gasteiger partial charge in [-0.05, 0) is 59.0 Å². The van der Waals surface area contributed by atoms with Gasteiger partial charge in [-0.2, -0.15) is 0 Å². The first-order valence-electron chi connectivity index (χ1n) is 31.1. The normalized spacial score (nSPS) is 25.7. The fourth-order valence-electron chi connectivity index (χ4n) is 10.8. The number of carbonyl (C=O) groups is 4. The number of nitrogens with one attached hydrogen (secondary N) is 2. The molecule has 0 bridgehead atoms. The lowest BCUT2D eigenvalue weighted by atomic mass is 9.93. The highest BCUT2D eigenvalue weighted by Gasteiger charge is 2.60. The van der Waals surface area contributed by atoms with Crippen molar-refractivity contribution in [3.05, 3.63) is 156 Å². The highest BCUT2D eigenvalue weighted by atomic mass is 16.8. The van der Waals surface area contributed by atoms with E-state index < -0.39 is 185 Å². The zero-order valence-electron chi connectivity index (χ0n) is 52.8. The van der Waals surface area contributed by atoms with Gasteiger partial charge in [0.05, 0.1) is 38.5 Å². The number of fused-ring (bicyclic) bond motifs is 2. The summed E-state index contributed by atoms with van der Waals surface area (Å²) in [5.74, 6) is -5.65. The smallest absolute Gasteiger partial charge is 0.278 e. The van der Waals surface area contributed by atoms with Crippen LogP contribution in [-0.2, 0) is 41.8 Å². The Balaban J connectivity index is 0.974. The van der Waals surface area contributed by atoms with Gasteiger partial charge < -0.3 is 121 Å². The molecule has 0 spiro atoms. The number of carbonyl (C=O) groups excluding carboxylic acids is 4. The number of hydrogen-bond donors (Lipinski definition) is 20. The summed E-state index contributed by atoms with van der Waals surface area (Å²) in [6, 6.07) is 32.9. The van der Waals surface area contributed by atoms with E-state index in [1.807, 2.05) is 0 Å². The van der Waals surface area contributed by atoms with Gasteiger partial charge in [-0.25, -0.2) is 19.8 Å². The van der Waals surface area contributed by atoms with Crippen LogP contribution in [0.2, 0.25) is 0 Å². The van der Waals surface area contributed by atoms with E-state index in [0.717, 1.165) is 12.1 Å². The summed E-state index contributed by atoms with van der Waals surface area (Å²) < 4.78 is 23.1. The largest absolute Gasteiger partial charge is 0.490 e. The van der Waals surface area contributed by atoms with Crippen molar-refractivity contribution in [2.24, 2.45) is 0 Å². The summed E-state index contributed by atoms with van der Waals surface area (Å²) in [6.07, 6.45) is -38.3. The summed E-state index contributed by atoms with van der Waals surface area (Å²) in [5.41, 5.74) is -6.53. The first kappa shape index (κ1) is 76.2. The van der Waals surface area contributed by atoms with Crippen molar-refractivity contribution in [1.29, 1.82) is 0 Å². The van der Waals surface area contributed by atoms with Crippen LogP contribution in [0, 0.1) is 0 Å². The zero-order valence-corrected chi connectivity index (χ0v) is 52.8. The minimum Gasteiger partial charge on any atom is -0.490 e. The minimum absolute atomic E-state index is 0.100. The number of hydrogen-bond acceptors (Lipinski definition) is 28. The summed E-state index contributed by atoms with van der Waals surface area (Å²) in [6.45, 7) is -1.94. The number of ether oxygens (including phenoxy) is 4. The first-order valence-corrected chi connectivity index (χ1v) is 31.1. The summed E-state index contributed by atoms with van der Waals surface area (Å²) in [7, 11) is 0. The standard InChI is InChI=1S/C66H82N4O28/c1-3-41(73)49(77)55(83)61(89)69(27-33-15-7-5-8-16-33)97-63-65(91,57(85)53(81)47(29-71)95-63)67-59(87)37-23-35-19-11-13-21-39(35)45(25-37)93-31-43(75)51(79)52(80)44(76)32-94-46-26-38(24-36-20-12-14-22-40(36)46)60(88)68-66(92)58(86)54(82)48(30-72)96-64(66)98-70(28-34-17-9-6-10-18-34)62(90)56(84)50(78)42(74)4-2/h5-26,41-44,47-58,63-64,71-86,91-92H,3-4,27-32H2,1-2H3,(H,67,87)(H,68,88)/t41-,42-,43-,44+,47-,48-,49+,50+,51+,52-,53-,54-,55+,56+,57+,58+,63-,64-,65+,66+/m1/s1. The molecule has 0 unspecified atom stereocenters. The molecule has 0 saturated carbocycles. The fourth-order valence-corrected chi connectivity index (χ4v) is 10.8. The molecule has 4 amide bonds. The van der Waals surface area contributed by atoms with Crippen molar-refractivity contribution < 1.29 is 140 Å². The number of hydroxylamine groups is 4. The summed E-state index contributed by atoms with van der Waals surface area (Å²) in [5, 5.41) is 204. The number of aliphatic hydroxyl groups excluding tert-OH is 16. The van der Waals surface area contributed by atoms with Crippen LogP contribution in [0.5, 0.6) is 11.5 Å². The maximum atomic E-state index is 14.4. The maximum absolute atomic E-state index is 14.4. The zero-order chi connectivity index (χ0) is 71.5. The van der Waals surface area contributed by atoms with E-state index in [9.17, 15) is 111 Å². The lowest BCUT2D eigenvalue weighted by molar-refractivity contribution is -0.391. The molecule has 2 aliphatic rings. The highest BCUT2D eigenvalue weighted by molar-refractivity contribution is 6.02.